The smallest absolute Gasteiger partial charge is 0.0126 e. The lowest BCUT2D eigenvalue weighted by molar-refractivity contribution is 0.0735. The van der Waals surface area contributed by atoms with Crippen LogP contribution in [0, 0.1) is 17.3 Å². The van der Waals surface area contributed by atoms with E-state index in [4.69, 9.17) is 0 Å². The third-order valence-electron chi connectivity index (χ3n) is 7.77. The van der Waals surface area contributed by atoms with E-state index in [1.165, 1.54) is 71.6 Å². The SMILES string of the molecule is C.C.C.C.CC1CCN(C(C)(C)C)C1.CN1CCC(C(C)(C)C)CC1.CN1CCN(C(C)(C)C)CC1. The highest BCUT2D eigenvalue weighted by atomic mass is 15.3. The molecule has 3 heterocycles. The monoisotopic (exact) mass is 517 g/mol. The van der Waals surface area contributed by atoms with Crippen LogP contribution in [0.4, 0.5) is 0 Å². The Balaban J connectivity index is -0.000000202. The maximum Gasteiger partial charge on any atom is 0.0126 e. The molecule has 0 aromatic carbocycles. The van der Waals surface area contributed by atoms with E-state index < -0.39 is 0 Å². The van der Waals surface area contributed by atoms with Crippen molar-refractivity contribution in [3.05, 3.63) is 0 Å². The van der Waals surface area contributed by atoms with Gasteiger partial charge in [0.05, 0.1) is 0 Å². The van der Waals surface area contributed by atoms with Crippen molar-refractivity contribution in [1.29, 1.82) is 0 Å². The second-order valence-corrected chi connectivity index (χ2v) is 13.9. The first-order valence-electron chi connectivity index (χ1n) is 13.4. The van der Waals surface area contributed by atoms with Crippen molar-refractivity contribution < 1.29 is 0 Å². The molecule has 3 aliphatic heterocycles. The van der Waals surface area contributed by atoms with Crippen molar-refractivity contribution in [2.24, 2.45) is 17.3 Å². The predicted molar refractivity (Wildman–Crippen MR) is 171 cm³/mol. The summed E-state index contributed by atoms with van der Waals surface area (Å²) in [4.78, 5) is 9.94. The number of piperidine rings is 1. The van der Waals surface area contributed by atoms with Gasteiger partial charge >= 0.3 is 0 Å². The first-order chi connectivity index (χ1) is 14.5. The molecule has 0 saturated carbocycles. The fourth-order valence-electron chi connectivity index (χ4n) is 4.90. The van der Waals surface area contributed by atoms with Crippen LogP contribution < -0.4 is 0 Å². The standard InChI is InChI=1S/C10H21N.C9H20N2.C9H19N.4CH4/c1-10(2,3)9-5-7-11(4)8-6-9;1-9(2,3)11-7-5-10(4)6-8-11;1-8-5-6-10(7-8)9(2,3)4;;;;/h9H,5-8H2,1-4H3;5-8H2,1-4H3;8H,5-7H2,1-4H3;4*1H4. The Morgan fingerprint density at radius 1 is 0.500 bits per heavy atom. The van der Waals surface area contributed by atoms with E-state index >= 15 is 0 Å². The van der Waals surface area contributed by atoms with Crippen LogP contribution in [0.5, 0.6) is 0 Å². The Hall–Kier alpha value is -0.160. The average Bonchev–Trinajstić information content (AvgIpc) is 3.09. The van der Waals surface area contributed by atoms with E-state index in [-0.39, 0.29) is 29.7 Å². The fraction of sp³-hybridized carbons (Fsp3) is 1.00. The molecule has 0 spiro atoms. The van der Waals surface area contributed by atoms with Crippen molar-refractivity contribution in [3.63, 3.8) is 0 Å². The molecule has 224 valence electrons. The average molecular weight is 517 g/mol. The van der Waals surface area contributed by atoms with Crippen molar-refractivity contribution in [3.8, 4) is 0 Å². The van der Waals surface area contributed by atoms with Gasteiger partial charge in [-0.1, -0.05) is 57.4 Å². The molecular formula is C32H76N4. The molecule has 1 unspecified atom stereocenters. The summed E-state index contributed by atoms with van der Waals surface area (Å²) in [5.74, 6) is 1.86. The van der Waals surface area contributed by atoms with Gasteiger partial charge in [0, 0.05) is 43.8 Å². The minimum Gasteiger partial charge on any atom is -0.306 e. The molecule has 36 heavy (non-hydrogen) atoms. The van der Waals surface area contributed by atoms with Gasteiger partial charge in [0.1, 0.15) is 0 Å². The molecular weight excluding hydrogens is 440 g/mol. The van der Waals surface area contributed by atoms with E-state index in [1.807, 2.05) is 0 Å². The minimum atomic E-state index is 0. The number of rotatable bonds is 0. The molecule has 0 aromatic heterocycles. The molecule has 4 nitrogen and oxygen atoms in total. The predicted octanol–water partition coefficient (Wildman–Crippen LogP) is 8.08. The fourth-order valence-corrected chi connectivity index (χ4v) is 4.90. The molecule has 3 fully saturated rings. The number of hydrogen-bond donors (Lipinski definition) is 0. The van der Waals surface area contributed by atoms with Crippen LogP contribution >= 0.6 is 0 Å². The number of likely N-dealkylation sites (N-methyl/N-ethyl adjacent to an activating group) is 1. The molecule has 0 amide bonds. The lowest BCUT2D eigenvalue weighted by atomic mass is 9.75. The van der Waals surface area contributed by atoms with Gasteiger partial charge in [0.15, 0.2) is 0 Å². The summed E-state index contributed by atoms with van der Waals surface area (Å²) in [7, 11) is 4.42. The molecule has 0 bridgehead atoms. The number of likely N-dealkylation sites (tertiary alicyclic amines) is 2. The number of nitrogens with zero attached hydrogens (tertiary/aromatic N) is 4. The van der Waals surface area contributed by atoms with Gasteiger partial charge in [0.25, 0.3) is 0 Å². The molecule has 3 rings (SSSR count). The first-order valence-corrected chi connectivity index (χ1v) is 13.4. The van der Waals surface area contributed by atoms with E-state index in [1.54, 1.807) is 0 Å². The summed E-state index contributed by atoms with van der Waals surface area (Å²) >= 11 is 0. The van der Waals surface area contributed by atoms with Crippen molar-refractivity contribution >= 4 is 0 Å². The topological polar surface area (TPSA) is 13.0 Å². The van der Waals surface area contributed by atoms with E-state index in [2.05, 4.69) is 103 Å². The molecule has 0 N–H and O–H groups in total. The molecule has 3 saturated heterocycles. The Bertz CT molecular complexity index is 464. The summed E-state index contributed by atoms with van der Waals surface area (Å²) in [5.41, 5.74) is 1.28. The first kappa shape index (κ1) is 42.9. The summed E-state index contributed by atoms with van der Waals surface area (Å²) in [5, 5.41) is 0. The minimum absolute atomic E-state index is 0. The Labute approximate surface area is 232 Å². The largest absolute Gasteiger partial charge is 0.306 e. The third kappa shape index (κ3) is 16.6. The number of hydrogen-bond acceptors (Lipinski definition) is 4. The van der Waals surface area contributed by atoms with E-state index in [0.717, 1.165) is 11.8 Å². The van der Waals surface area contributed by atoms with Crippen LogP contribution in [-0.4, -0.2) is 97.1 Å². The Kier molecular flexibility index (Phi) is 21.7. The molecule has 0 radical (unpaired) electrons. The number of piperazine rings is 1. The van der Waals surface area contributed by atoms with Crippen LogP contribution in [0.1, 0.15) is 118 Å². The lowest BCUT2D eigenvalue weighted by Gasteiger charge is -2.41. The van der Waals surface area contributed by atoms with Gasteiger partial charge in [0.2, 0.25) is 0 Å². The molecule has 0 aromatic rings. The highest BCUT2D eigenvalue weighted by Crippen LogP contribution is 2.33. The maximum atomic E-state index is 2.57. The van der Waals surface area contributed by atoms with Gasteiger partial charge in [-0.05, 0) is 112 Å². The van der Waals surface area contributed by atoms with Crippen LogP contribution in [-0.2, 0) is 0 Å². The zero-order valence-electron chi connectivity index (χ0n) is 24.2. The normalized spacial score (nSPS) is 22.8. The maximum absolute atomic E-state index is 2.57. The summed E-state index contributed by atoms with van der Waals surface area (Å²) in [6.45, 7) is 33.3. The second kappa shape index (κ2) is 18.2. The molecule has 4 heteroatoms. The summed E-state index contributed by atoms with van der Waals surface area (Å²) in [6.07, 6.45) is 4.16. The highest BCUT2D eigenvalue weighted by molar-refractivity contribution is 4.83. The van der Waals surface area contributed by atoms with Crippen LogP contribution in [0.25, 0.3) is 0 Å². The lowest BCUT2D eigenvalue weighted by Crippen LogP contribution is -2.52. The molecule has 3 aliphatic rings. The second-order valence-electron chi connectivity index (χ2n) is 13.9. The Morgan fingerprint density at radius 2 is 0.889 bits per heavy atom. The zero-order chi connectivity index (χ0) is 24.7. The highest BCUT2D eigenvalue weighted by Gasteiger charge is 2.28. The van der Waals surface area contributed by atoms with Gasteiger partial charge in [-0.2, -0.15) is 0 Å². The molecule has 0 aliphatic carbocycles. The van der Waals surface area contributed by atoms with E-state index in [0.29, 0.717) is 16.5 Å². The quantitative estimate of drug-likeness (QED) is 0.322. The summed E-state index contributed by atoms with van der Waals surface area (Å²) in [6, 6.07) is 0. The Morgan fingerprint density at radius 3 is 1.17 bits per heavy atom. The zero-order valence-corrected chi connectivity index (χ0v) is 24.2. The van der Waals surface area contributed by atoms with Crippen molar-refractivity contribution in [2.45, 2.75) is 129 Å². The molecule has 1 atom stereocenters. The van der Waals surface area contributed by atoms with E-state index in [9.17, 15) is 0 Å². The van der Waals surface area contributed by atoms with Crippen LogP contribution in [0.15, 0.2) is 0 Å². The van der Waals surface area contributed by atoms with Gasteiger partial charge in [-0.15, -0.1) is 0 Å². The summed E-state index contributed by atoms with van der Waals surface area (Å²) < 4.78 is 0. The third-order valence-corrected chi connectivity index (χ3v) is 7.77. The van der Waals surface area contributed by atoms with Gasteiger partial charge < -0.3 is 9.80 Å². The van der Waals surface area contributed by atoms with Crippen molar-refractivity contribution in [1.82, 2.24) is 19.6 Å². The van der Waals surface area contributed by atoms with Gasteiger partial charge in [-0.25, -0.2) is 0 Å². The van der Waals surface area contributed by atoms with Crippen LogP contribution in [0.2, 0.25) is 0 Å². The van der Waals surface area contributed by atoms with Crippen molar-refractivity contribution in [2.75, 3.05) is 66.5 Å². The van der Waals surface area contributed by atoms with Crippen LogP contribution in [0.3, 0.4) is 0 Å². The van der Waals surface area contributed by atoms with Gasteiger partial charge in [-0.3, -0.25) is 9.80 Å².